The maximum atomic E-state index is 9.66. The zero-order valence-electron chi connectivity index (χ0n) is 16.5. The number of aliphatic hydroxyl groups excluding tert-OH is 1. The summed E-state index contributed by atoms with van der Waals surface area (Å²) < 4.78 is 11.5. The number of anilines is 1. The van der Waals surface area contributed by atoms with Gasteiger partial charge >= 0.3 is 0 Å². The third-order valence-electron chi connectivity index (χ3n) is 5.54. The Morgan fingerprint density at radius 2 is 2.04 bits per heavy atom. The van der Waals surface area contributed by atoms with Gasteiger partial charge in [-0.1, -0.05) is 0 Å². The van der Waals surface area contributed by atoms with Gasteiger partial charge in [0.15, 0.2) is 0 Å². The van der Waals surface area contributed by atoms with Crippen molar-refractivity contribution in [1.29, 1.82) is 0 Å². The molecule has 1 saturated heterocycles. The average Bonchev–Trinajstić information content (AvgIpc) is 2.70. The summed E-state index contributed by atoms with van der Waals surface area (Å²) in [6.07, 6.45) is 5.37. The molecule has 2 N–H and O–H groups in total. The molecule has 2 heterocycles. The van der Waals surface area contributed by atoms with Gasteiger partial charge in [0, 0.05) is 43.3 Å². The number of hydrogen-bond acceptors (Lipinski definition) is 7. The lowest BCUT2D eigenvalue weighted by Crippen LogP contribution is -2.41. The molecule has 2 aliphatic rings. The normalized spacial score (nSPS) is 24.8. The first-order valence-corrected chi connectivity index (χ1v) is 10.3. The van der Waals surface area contributed by atoms with Crippen LogP contribution in [0.4, 0.5) is 5.95 Å². The number of morpholine rings is 1. The summed E-state index contributed by atoms with van der Waals surface area (Å²) in [6.45, 7) is 6.53. The molecule has 0 spiro atoms. The second-order valence-electron chi connectivity index (χ2n) is 7.91. The van der Waals surface area contributed by atoms with Gasteiger partial charge in [0.05, 0.1) is 24.8 Å². The Hall–Kier alpha value is -1.96. The highest BCUT2D eigenvalue weighted by Crippen LogP contribution is 2.24. The van der Waals surface area contributed by atoms with Crippen molar-refractivity contribution in [2.75, 3.05) is 38.2 Å². The molecule has 1 unspecified atom stereocenters. The van der Waals surface area contributed by atoms with E-state index >= 15 is 0 Å². The number of benzene rings is 1. The molecule has 1 aliphatic carbocycles. The largest absolute Gasteiger partial charge is 0.489 e. The maximum absolute atomic E-state index is 9.66. The van der Waals surface area contributed by atoms with Crippen LogP contribution in [0.25, 0.3) is 10.9 Å². The lowest BCUT2D eigenvalue weighted by molar-refractivity contribution is 0.0219. The second-order valence-corrected chi connectivity index (χ2v) is 7.91. The van der Waals surface area contributed by atoms with E-state index < -0.39 is 0 Å². The average molecular weight is 386 g/mol. The van der Waals surface area contributed by atoms with E-state index in [4.69, 9.17) is 9.47 Å². The molecule has 1 aromatic carbocycles. The van der Waals surface area contributed by atoms with E-state index in [9.17, 15) is 5.11 Å². The molecule has 1 atom stereocenters. The first-order valence-electron chi connectivity index (χ1n) is 10.3. The number of rotatable bonds is 6. The fraction of sp³-hybridized carbons (Fsp3) is 0.619. The van der Waals surface area contributed by atoms with Crippen molar-refractivity contribution < 1.29 is 14.6 Å². The summed E-state index contributed by atoms with van der Waals surface area (Å²) in [6, 6.07) is 6.31. The highest BCUT2D eigenvalue weighted by molar-refractivity contribution is 5.80. The molecular weight excluding hydrogens is 356 g/mol. The van der Waals surface area contributed by atoms with Crippen LogP contribution in [0.15, 0.2) is 24.4 Å². The first-order chi connectivity index (χ1) is 13.7. The van der Waals surface area contributed by atoms with Crippen LogP contribution in [0, 0.1) is 0 Å². The standard InChI is InChI=1S/C21H30N4O3/c1-15(14-25-8-10-27-11-9-25)28-19-7-2-16-13-22-21(24-20(16)12-19)23-17-3-5-18(26)6-4-17/h2,7,12-13,15,17-18,26H,3-6,8-11,14H2,1H3,(H,22,23,24). The molecule has 28 heavy (non-hydrogen) atoms. The van der Waals surface area contributed by atoms with Gasteiger partial charge in [0.25, 0.3) is 0 Å². The quantitative estimate of drug-likeness (QED) is 0.789. The van der Waals surface area contributed by atoms with Gasteiger partial charge in [0.1, 0.15) is 11.9 Å². The number of hydrogen-bond donors (Lipinski definition) is 2. The third kappa shape index (κ3) is 5.10. The second kappa shape index (κ2) is 9.03. The van der Waals surface area contributed by atoms with Crippen LogP contribution in [-0.4, -0.2) is 71.1 Å². The summed E-state index contributed by atoms with van der Waals surface area (Å²) in [5, 5.41) is 14.1. The predicted molar refractivity (Wildman–Crippen MR) is 109 cm³/mol. The Labute approximate surface area is 166 Å². The molecule has 2 fully saturated rings. The Morgan fingerprint density at radius 3 is 2.82 bits per heavy atom. The molecule has 4 rings (SSSR count). The summed E-state index contributed by atoms with van der Waals surface area (Å²) in [7, 11) is 0. The van der Waals surface area contributed by atoms with Crippen LogP contribution in [0.2, 0.25) is 0 Å². The van der Waals surface area contributed by atoms with Crippen molar-refractivity contribution in [1.82, 2.24) is 14.9 Å². The number of nitrogens with one attached hydrogen (secondary N) is 1. The summed E-state index contributed by atoms with van der Waals surface area (Å²) in [5.41, 5.74) is 0.879. The van der Waals surface area contributed by atoms with E-state index in [2.05, 4.69) is 27.1 Å². The minimum absolute atomic E-state index is 0.101. The van der Waals surface area contributed by atoms with Crippen LogP contribution in [0.1, 0.15) is 32.6 Å². The Morgan fingerprint density at radius 1 is 1.25 bits per heavy atom. The first kappa shape index (κ1) is 19.4. The maximum Gasteiger partial charge on any atom is 0.223 e. The lowest BCUT2D eigenvalue weighted by Gasteiger charge is -2.29. The molecule has 1 aliphatic heterocycles. The Kier molecular flexibility index (Phi) is 6.24. The van der Waals surface area contributed by atoms with E-state index in [-0.39, 0.29) is 12.2 Å². The van der Waals surface area contributed by atoms with Crippen molar-refractivity contribution in [3.63, 3.8) is 0 Å². The van der Waals surface area contributed by atoms with Crippen LogP contribution >= 0.6 is 0 Å². The van der Waals surface area contributed by atoms with Crippen molar-refractivity contribution in [3.05, 3.63) is 24.4 Å². The fourth-order valence-corrected chi connectivity index (χ4v) is 3.97. The van der Waals surface area contributed by atoms with Crippen molar-refractivity contribution in [2.45, 2.75) is 50.9 Å². The number of aromatic nitrogens is 2. The fourth-order valence-electron chi connectivity index (χ4n) is 3.97. The highest BCUT2D eigenvalue weighted by atomic mass is 16.5. The topological polar surface area (TPSA) is 79.7 Å². The SMILES string of the molecule is CC(CN1CCOCC1)Oc1ccc2cnc(NC3CCC(O)CC3)nc2c1. The van der Waals surface area contributed by atoms with Gasteiger partial charge in [-0.3, -0.25) is 4.90 Å². The van der Waals surface area contributed by atoms with Crippen molar-refractivity contribution in [3.8, 4) is 5.75 Å². The predicted octanol–water partition coefficient (Wildman–Crippen LogP) is 2.44. The third-order valence-corrected chi connectivity index (χ3v) is 5.54. The minimum atomic E-state index is -0.158. The Balaban J connectivity index is 1.39. The molecule has 152 valence electrons. The summed E-state index contributed by atoms with van der Waals surface area (Å²) in [5.74, 6) is 1.48. The van der Waals surface area contributed by atoms with Crippen LogP contribution in [0.3, 0.4) is 0 Å². The zero-order valence-corrected chi connectivity index (χ0v) is 16.5. The van der Waals surface area contributed by atoms with Gasteiger partial charge < -0.3 is 19.9 Å². The van der Waals surface area contributed by atoms with Gasteiger partial charge in [-0.05, 0) is 44.7 Å². The smallest absolute Gasteiger partial charge is 0.223 e. The molecule has 7 nitrogen and oxygen atoms in total. The van der Waals surface area contributed by atoms with E-state index in [0.29, 0.717) is 12.0 Å². The Bertz CT molecular complexity index is 773. The van der Waals surface area contributed by atoms with Crippen molar-refractivity contribution >= 4 is 16.9 Å². The molecule has 0 amide bonds. The van der Waals surface area contributed by atoms with Crippen LogP contribution in [-0.2, 0) is 4.74 Å². The molecule has 1 aromatic heterocycles. The zero-order chi connectivity index (χ0) is 19.3. The number of aliphatic hydroxyl groups is 1. The van der Waals surface area contributed by atoms with Crippen LogP contribution < -0.4 is 10.1 Å². The molecular formula is C21H30N4O3. The molecule has 0 radical (unpaired) electrons. The number of fused-ring (bicyclic) bond motifs is 1. The highest BCUT2D eigenvalue weighted by Gasteiger charge is 2.20. The molecule has 0 bridgehead atoms. The van der Waals surface area contributed by atoms with Gasteiger partial charge in [-0.25, -0.2) is 9.97 Å². The van der Waals surface area contributed by atoms with E-state index in [1.165, 1.54) is 0 Å². The monoisotopic (exact) mass is 386 g/mol. The minimum Gasteiger partial charge on any atom is -0.489 e. The number of nitrogens with zero attached hydrogens (tertiary/aromatic N) is 3. The van der Waals surface area contributed by atoms with E-state index in [1.54, 1.807) is 0 Å². The molecule has 2 aromatic rings. The van der Waals surface area contributed by atoms with Gasteiger partial charge in [0.2, 0.25) is 5.95 Å². The van der Waals surface area contributed by atoms with E-state index in [0.717, 1.165) is 75.2 Å². The van der Waals surface area contributed by atoms with Crippen molar-refractivity contribution in [2.24, 2.45) is 0 Å². The lowest BCUT2D eigenvalue weighted by atomic mass is 9.93. The van der Waals surface area contributed by atoms with Gasteiger partial charge in [-0.2, -0.15) is 0 Å². The number of ether oxygens (including phenoxy) is 2. The van der Waals surface area contributed by atoms with Gasteiger partial charge in [-0.15, -0.1) is 0 Å². The van der Waals surface area contributed by atoms with E-state index in [1.807, 2.05) is 24.4 Å². The summed E-state index contributed by atoms with van der Waals surface area (Å²) >= 11 is 0. The molecule has 1 saturated carbocycles. The summed E-state index contributed by atoms with van der Waals surface area (Å²) in [4.78, 5) is 11.5. The molecule has 7 heteroatoms. The van der Waals surface area contributed by atoms with Crippen LogP contribution in [0.5, 0.6) is 5.75 Å².